The van der Waals surface area contributed by atoms with Crippen molar-refractivity contribution in [3.8, 4) is 0 Å². The van der Waals surface area contributed by atoms with E-state index in [1.165, 1.54) is 11.6 Å². The first-order chi connectivity index (χ1) is 10.2. The van der Waals surface area contributed by atoms with Gasteiger partial charge in [0.05, 0.1) is 4.47 Å². The summed E-state index contributed by atoms with van der Waals surface area (Å²) in [5.74, 6) is 0.920. The van der Waals surface area contributed by atoms with Crippen molar-refractivity contribution >= 4 is 15.9 Å². The molecule has 1 saturated carbocycles. The van der Waals surface area contributed by atoms with Crippen LogP contribution < -0.4 is 5.32 Å². The Balaban J connectivity index is 1.85. The highest BCUT2D eigenvalue weighted by Crippen LogP contribution is 2.54. The van der Waals surface area contributed by atoms with Gasteiger partial charge < -0.3 is 5.32 Å². The summed E-state index contributed by atoms with van der Waals surface area (Å²) >= 11 is 3.41. The van der Waals surface area contributed by atoms with Crippen molar-refractivity contribution in [3.05, 3.63) is 69.9 Å². The Hall–Kier alpha value is -1.19. The summed E-state index contributed by atoms with van der Waals surface area (Å²) in [7, 11) is 0. The highest BCUT2D eigenvalue weighted by molar-refractivity contribution is 9.10. The molecule has 0 radical (unpaired) electrons. The van der Waals surface area contributed by atoms with Gasteiger partial charge >= 0.3 is 0 Å². The molecule has 1 nitrogen and oxygen atoms in total. The molecule has 0 saturated heterocycles. The van der Waals surface area contributed by atoms with Gasteiger partial charge in [-0.05, 0) is 57.9 Å². The molecule has 2 aromatic carbocycles. The molecule has 2 aromatic rings. The van der Waals surface area contributed by atoms with Crippen LogP contribution in [0.3, 0.4) is 0 Å². The maximum absolute atomic E-state index is 13.8. The van der Waals surface area contributed by atoms with Gasteiger partial charge in [-0.15, -0.1) is 0 Å². The van der Waals surface area contributed by atoms with Crippen LogP contribution in [-0.2, 0) is 0 Å². The van der Waals surface area contributed by atoms with Gasteiger partial charge in [-0.25, -0.2) is 4.39 Å². The fraction of sp³-hybridized carbons (Fsp3) is 0.333. The summed E-state index contributed by atoms with van der Waals surface area (Å²) in [5, 5.41) is 3.53. The van der Waals surface area contributed by atoms with Gasteiger partial charge in [0.25, 0.3) is 0 Å². The average molecular weight is 348 g/mol. The normalized spacial score (nSPS) is 22.0. The standard InChI is InChI=1S/C18H19BrFN/c1-2-21-18(13-9-6-10-16(20)17(13)19)15-11-14(15)12-7-4-3-5-8-12/h3-10,14-15,18,21H,2,11H2,1H3. The van der Waals surface area contributed by atoms with Gasteiger partial charge in [0.1, 0.15) is 5.82 Å². The molecule has 0 aromatic heterocycles. The van der Waals surface area contributed by atoms with E-state index in [1.807, 2.05) is 12.1 Å². The van der Waals surface area contributed by atoms with Gasteiger partial charge in [0, 0.05) is 6.04 Å². The lowest BCUT2D eigenvalue weighted by Crippen LogP contribution is -2.23. The predicted molar refractivity (Wildman–Crippen MR) is 87.8 cm³/mol. The number of rotatable bonds is 5. The molecule has 3 atom stereocenters. The largest absolute Gasteiger partial charge is 0.310 e. The second kappa shape index (κ2) is 6.29. The molecular formula is C18H19BrFN. The Bertz CT molecular complexity index is 614. The molecular weight excluding hydrogens is 329 g/mol. The van der Waals surface area contributed by atoms with Crippen LogP contribution in [0.4, 0.5) is 4.39 Å². The van der Waals surface area contributed by atoms with Gasteiger partial charge in [-0.1, -0.05) is 49.4 Å². The monoisotopic (exact) mass is 347 g/mol. The lowest BCUT2D eigenvalue weighted by atomic mass is 9.98. The van der Waals surface area contributed by atoms with E-state index in [-0.39, 0.29) is 11.9 Å². The molecule has 1 aliphatic rings. The predicted octanol–water partition coefficient (Wildman–Crippen LogP) is 5.04. The third kappa shape index (κ3) is 3.04. The van der Waals surface area contributed by atoms with E-state index in [4.69, 9.17) is 0 Å². The molecule has 1 aliphatic carbocycles. The van der Waals surface area contributed by atoms with E-state index in [0.717, 1.165) is 18.5 Å². The van der Waals surface area contributed by atoms with Crippen molar-refractivity contribution in [2.45, 2.75) is 25.3 Å². The van der Waals surface area contributed by atoms with E-state index in [0.29, 0.717) is 16.3 Å². The van der Waals surface area contributed by atoms with Crippen molar-refractivity contribution in [1.29, 1.82) is 0 Å². The Morgan fingerprint density at radius 3 is 2.67 bits per heavy atom. The van der Waals surface area contributed by atoms with E-state index < -0.39 is 0 Å². The zero-order valence-electron chi connectivity index (χ0n) is 12.0. The first-order valence-corrected chi connectivity index (χ1v) is 8.24. The SMILES string of the molecule is CCNC(c1cccc(F)c1Br)C1CC1c1ccccc1. The lowest BCUT2D eigenvalue weighted by Gasteiger charge is -2.20. The molecule has 0 heterocycles. The lowest BCUT2D eigenvalue weighted by molar-refractivity contribution is 0.481. The van der Waals surface area contributed by atoms with E-state index in [9.17, 15) is 4.39 Å². The van der Waals surface area contributed by atoms with Crippen LogP contribution in [0.1, 0.15) is 36.4 Å². The number of hydrogen-bond donors (Lipinski definition) is 1. The van der Waals surface area contributed by atoms with E-state index in [2.05, 4.69) is 52.4 Å². The number of halogens is 2. The van der Waals surface area contributed by atoms with Crippen molar-refractivity contribution in [2.24, 2.45) is 5.92 Å². The Kier molecular flexibility index (Phi) is 4.41. The minimum atomic E-state index is -0.188. The summed E-state index contributed by atoms with van der Waals surface area (Å²) in [6.07, 6.45) is 1.16. The third-order valence-electron chi connectivity index (χ3n) is 4.24. The Morgan fingerprint density at radius 1 is 1.19 bits per heavy atom. The van der Waals surface area contributed by atoms with Gasteiger partial charge in [-0.2, -0.15) is 0 Å². The summed E-state index contributed by atoms with van der Waals surface area (Å²) < 4.78 is 14.4. The molecule has 0 aliphatic heterocycles. The second-order valence-corrected chi connectivity index (χ2v) is 6.39. The number of benzene rings is 2. The zero-order valence-corrected chi connectivity index (χ0v) is 13.6. The summed E-state index contributed by atoms with van der Waals surface area (Å²) in [5.41, 5.74) is 2.42. The first-order valence-electron chi connectivity index (χ1n) is 7.44. The molecule has 0 spiro atoms. The topological polar surface area (TPSA) is 12.0 Å². The fourth-order valence-corrected chi connectivity index (χ4v) is 3.65. The van der Waals surface area contributed by atoms with Gasteiger partial charge in [0.15, 0.2) is 0 Å². The number of nitrogens with one attached hydrogen (secondary N) is 1. The molecule has 0 amide bonds. The molecule has 0 bridgehead atoms. The average Bonchev–Trinajstić information content (AvgIpc) is 3.29. The van der Waals surface area contributed by atoms with Crippen LogP contribution in [-0.4, -0.2) is 6.54 Å². The van der Waals surface area contributed by atoms with Gasteiger partial charge in [-0.3, -0.25) is 0 Å². The van der Waals surface area contributed by atoms with Crippen LogP contribution in [0.2, 0.25) is 0 Å². The maximum atomic E-state index is 13.8. The summed E-state index contributed by atoms with van der Waals surface area (Å²) in [4.78, 5) is 0. The van der Waals surface area contributed by atoms with Crippen LogP contribution in [0.15, 0.2) is 53.0 Å². The zero-order chi connectivity index (χ0) is 14.8. The molecule has 21 heavy (non-hydrogen) atoms. The number of hydrogen-bond acceptors (Lipinski definition) is 1. The summed E-state index contributed by atoms with van der Waals surface area (Å²) in [6, 6.07) is 16.1. The van der Waals surface area contributed by atoms with Crippen LogP contribution >= 0.6 is 15.9 Å². The molecule has 1 N–H and O–H groups in total. The third-order valence-corrected chi connectivity index (χ3v) is 5.07. The Morgan fingerprint density at radius 2 is 1.95 bits per heavy atom. The Labute approximate surface area is 133 Å². The molecule has 3 rings (SSSR count). The van der Waals surface area contributed by atoms with Crippen LogP contribution in [0.25, 0.3) is 0 Å². The summed E-state index contributed by atoms with van der Waals surface area (Å²) in [6.45, 7) is 2.98. The molecule has 110 valence electrons. The molecule has 3 heteroatoms. The minimum absolute atomic E-state index is 0.188. The first kappa shape index (κ1) is 14.7. The van der Waals surface area contributed by atoms with Gasteiger partial charge in [0.2, 0.25) is 0 Å². The minimum Gasteiger partial charge on any atom is -0.310 e. The van der Waals surface area contributed by atoms with Crippen molar-refractivity contribution < 1.29 is 4.39 Å². The smallest absolute Gasteiger partial charge is 0.137 e. The van der Waals surface area contributed by atoms with Crippen molar-refractivity contribution in [1.82, 2.24) is 5.32 Å². The van der Waals surface area contributed by atoms with E-state index in [1.54, 1.807) is 6.07 Å². The highest BCUT2D eigenvalue weighted by atomic mass is 79.9. The second-order valence-electron chi connectivity index (χ2n) is 5.60. The fourth-order valence-electron chi connectivity index (χ4n) is 3.14. The van der Waals surface area contributed by atoms with Crippen LogP contribution in [0.5, 0.6) is 0 Å². The quantitative estimate of drug-likeness (QED) is 0.798. The highest BCUT2D eigenvalue weighted by Gasteiger charge is 2.44. The molecule has 3 unspecified atom stereocenters. The maximum Gasteiger partial charge on any atom is 0.137 e. The molecule has 1 fully saturated rings. The van der Waals surface area contributed by atoms with Crippen molar-refractivity contribution in [3.63, 3.8) is 0 Å². The van der Waals surface area contributed by atoms with Crippen LogP contribution in [0, 0.1) is 11.7 Å². The van der Waals surface area contributed by atoms with Crippen molar-refractivity contribution in [2.75, 3.05) is 6.54 Å². The van der Waals surface area contributed by atoms with E-state index >= 15 is 0 Å².